The van der Waals surface area contributed by atoms with Crippen molar-refractivity contribution in [1.29, 1.82) is 0 Å². The fourth-order valence-electron chi connectivity index (χ4n) is 2.33. The van der Waals surface area contributed by atoms with E-state index >= 15 is 0 Å². The number of carbonyl (C=O) groups excluding carboxylic acids is 1. The van der Waals surface area contributed by atoms with Crippen LogP contribution in [0.5, 0.6) is 0 Å². The van der Waals surface area contributed by atoms with Gasteiger partial charge in [-0.05, 0) is 50.3 Å². The SMILES string of the molecule is Cc1c(Br)cccc1C(=O)NCCC1CCCCO1. The minimum absolute atomic E-state index is 0.00499. The number of benzene rings is 1. The predicted octanol–water partition coefficient (Wildman–Crippen LogP) is 3.45. The Hall–Kier alpha value is -0.870. The van der Waals surface area contributed by atoms with Crippen LogP contribution in [-0.4, -0.2) is 25.2 Å². The molecule has 0 radical (unpaired) electrons. The molecule has 1 atom stereocenters. The summed E-state index contributed by atoms with van der Waals surface area (Å²) in [7, 11) is 0. The van der Waals surface area contributed by atoms with Gasteiger partial charge in [-0.25, -0.2) is 0 Å². The smallest absolute Gasteiger partial charge is 0.251 e. The zero-order valence-electron chi connectivity index (χ0n) is 11.2. The summed E-state index contributed by atoms with van der Waals surface area (Å²) in [6.45, 7) is 3.49. The van der Waals surface area contributed by atoms with Gasteiger partial charge in [-0.3, -0.25) is 4.79 Å². The van der Waals surface area contributed by atoms with Gasteiger partial charge in [-0.1, -0.05) is 22.0 Å². The van der Waals surface area contributed by atoms with E-state index < -0.39 is 0 Å². The zero-order chi connectivity index (χ0) is 13.7. The highest BCUT2D eigenvalue weighted by atomic mass is 79.9. The molecule has 1 aliphatic rings. The lowest BCUT2D eigenvalue weighted by atomic mass is 10.1. The van der Waals surface area contributed by atoms with Gasteiger partial charge in [-0.15, -0.1) is 0 Å². The Morgan fingerprint density at radius 3 is 3.05 bits per heavy atom. The number of hydrogen-bond donors (Lipinski definition) is 1. The molecule has 0 aliphatic carbocycles. The quantitative estimate of drug-likeness (QED) is 0.920. The molecule has 0 saturated carbocycles. The van der Waals surface area contributed by atoms with E-state index in [2.05, 4.69) is 21.2 Å². The maximum atomic E-state index is 12.1. The maximum Gasteiger partial charge on any atom is 0.251 e. The van der Waals surface area contributed by atoms with Crippen LogP contribution in [0.2, 0.25) is 0 Å². The zero-order valence-corrected chi connectivity index (χ0v) is 12.8. The van der Waals surface area contributed by atoms with E-state index in [0.29, 0.717) is 12.6 Å². The molecule has 1 amide bonds. The third-order valence-corrected chi connectivity index (χ3v) is 4.40. The molecular weight excluding hydrogens is 306 g/mol. The Morgan fingerprint density at radius 1 is 1.47 bits per heavy atom. The molecule has 3 nitrogen and oxygen atoms in total. The molecule has 4 heteroatoms. The number of ether oxygens (including phenoxy) is 1. The molecule has 2 rings (SSSR count). The molecule has 0 bridgehead atoms. The Bertz CT molecular complexity index is 442. The van der Waals surface area contributed by atoms with Gasteiger partial charge in [0, 0.05) is 23.2 Å². The Morgan fingerprint density at radius 2 is 2.32 bits per heavy atom. The van der Waals surface area contributed by atoms with Crippen LogP contribution >= 0.6 is 15.9 Å². The predicted molar refractivity (Wildman–Crippen MR) is 79.4 cm³/mol. The molecule has 104 valence electrons. The monoisotopic (exact) mass is 325 g/mol. The van der Waals surface area contributed by atoms with Crippen LogP contribution < -0.4 is 5.32 Å². The van der Waals surface area contributed by atoms with Crippen molar-refractivity contribution in [3.05, 3.63) is 33.8 Å². The topological polar surface area (TPSA) is 38.3 Å². The molecule has 1 saturated heterocycles. The average molecular weight is 326 g/mol. The van der Waals surface area contributed by atoms with Crippen LogP contribution in [0.1, 0.15) is 41.6 Å². The number of rotatable bonds is 4. The highest BCUT2D eigenvalue weighted by Gasteiger charge is 2.15. The van der Waals surface area contributed by atoms with E-state index in [0.717, 1.165) is 35.0 Å². The van der Waals surface area contributed by atoms with Crippen molar-refractivity contribution in [1.82, 2.24) is 5.32 Å². The van der Waals surface area contributed by atoms with E-state index in [4.69, 9.17) is 4.74 Å². The first kappa shape index (κ1) is 14.5. The molecule has 1 fully saturated rings. The fourth-order valence-corrected chi connectivity index (χ4v) is 2.70. The summed E-state index contributed by atoms with van der Waals surface area (Å²) in [6.07, 6.45) is 4.74. The molecule has 1 aliphatic heterocycles. The molecular formula is C15H20BrNO2. The first-order chi connectivity index (χ1) is 9.18. The summed E-state index contributed by atoms with van der Waals surface area (Å²) >= 11 is 3.45. The summed E-state index contributed by atoms with van der Waals surface area (Å²) in [5.74, 6) is -0.00499. The second-order valence-corrected chi connectivity index (χ2v) is 5.80. The van der Waals surface area contributed by atoms with Gasteiger partial charge in [0.05, 0.1) is 6.10 Å². The van der Waals surface area contributed by atoms with E-state index in [-0.39, 0.29) is 5.91 Å². The van der Waals surface area contributed by atoms with Gasteiger partial charge in [0.1, 0.15) is 0 Å². The van der Waals surface area contributed by atoms with Gasteiger partial charge in [-0.2, -0.15) is 0 Å². The lowest BCUT2D eigenvalue weighted by molar-refractivity contribution is 0.0117. The van der Waals surface area contributed by atoms with Crippen LogP contribution in [0, 0.1) is 6.92 Å². The number of carbonyl (C=O) groups is 1. The molecule has 1 unspecified atom stereocenters. The second-order valence-electron chi connectivity index (χ2n) is 4.95. The van der Waals surface area contributed by atoms with Gasteiger partial charge < -0.3 is 10.1 Å². The van der Waals surface area contributed by atoms with Crippen LogP contribution in [0.3, 0.4) is 0 Å². The third kappa shape index (κ3) is 4.05. The van der Waals surface area contributed by atoms with Gasteiger partial charge in [0.2, 0.25) is 0 Å². The molecule has 1 N–H and O–H groups in total. The van der Waals surface area contributed by atoms with Crippen molar-refractivity contribution < 1.29 is 9.53 Å². The maximum absolute atomic E-state index is 12.1. The molecule has 1 aromatic rings. The first-order valence-electron chi connectivity index (χ1n) is 6.83. The van der Waals surface area contributed by atoms with Crippen molar-refractivity contribution in [2.24, 2.45) is 0 Å². The standard InChI is InChI=1S/C15H20BrNO2/c1-11-13(6-4-7-14(11)16)15(18)17-9-8-12-5-2-3-10-19-12/h4,6-7,12H,2-3,5,8-10H2,1H3,(H,17,18). The summed E-state index contributed by atoms with van der Waals surface area (Å²) in [5, 5.41) is 2.97. The van der Waals surface area contributed by atoms with Crippen molar-refractivity contribution in [2.45, 2.75) is 38.7 Å². The van der Waals surface area contributed by atoms with Crippen molar-refractivity contribution in [3.8, 4) is 0 Å². The third-order valence-electron chi connectivity index (χ3n) is 3.54. The lowest BCUT2D eigenvalue weighted by Gasteiger charge is -2.22. The van der Waals surface area contributed by atoms with E-state index in [1.54, 1.807) is 0 Å². The van der Waals surface area contributed by atoms with Crippen LogP contribution in [-0.2, 0) is 4.74 Å². The number of halogens is 1. The molecule has 1 aromatic carbocycles. The summed E-state index contributed by atoms with van der Waals surface area (Å²) < 4.78 is 6.62. The minimum atomic E-state index is -0.00499. The number of hydrogen-bond acceptors (Lipinski definition) is 2. The Labute approximate surface area is 122 Å². The number of nitrogens with one attached hydrogen (secondary N) is 1. The van der Waals surface area contributed by atoms with Crippen LogP contribution in [0.25, 0.3) is 0 Å². The number of amides is 1. The first-order valence-corrected chi connectivity index (χ1v) is 7.62. The Balaban J connectivity index is 1.82. The average Bonchev–Trinajstić information content (AvgIpc) is 2.43. The van der Waals surface area contributed by atoms with Gasteiger partial charge in [0.15, 0.2) is 0 Å². The summed E-state index contributed by atoms with van der Waals surface area (Å²) in [4.78, 5) is 12.1. The minimum Gasteiger partial charge on any atom is -0.378 e. The molecule has 1 heterocycles. The van der Waals surface area contributed by atoms with Crippen molar-refractivity contribution in [2.75, 3.05) is 13.2 Å². The van der Waals surface area contributed by atoms with E-state index in [9.17, 15) is 4.79 Å². The highest BCUT2D eigenvalue weighted by Crippen LogP contribution is 2.19. The normalized spacial score (nSPS) is 19.2. The second kappa shape index (κ2) is 7.06. The van der Waals surface area contributed by atoms with E-state index in [1.165, 1.54) is 12.8 Å². The van der Waals surface area contributed by atoms with Gasteiger partial charge >= 0.3 is 0 Å². The van der Waals surface area contributed by atoms with E-state index in [1.807, 2.05) is 25.1 Å². The fraction of sp³-hybridized carbons (Fsp3) is 0.533. The van der Waals surface area contributed by atoms with Crippen molar-refractivity contribution in [3.63, 3.8) is 0 Å². The molecule has 19 heavy (non-hydrogen) atoms. The molecule has 0 aromatic heterocycles. The van der Waals surface area contributed by atoms with Crippen LogP contribution in [0.4, 0.5) is 0 Å². The largest absolute Gasteiger partial charge is 0.378 e. The Kier molecular flexibility index (Phi) is 5.40. The molecule has 0 spiro atoms. The van der Waals surface area contributed by atoms with Gasteiger partial charge in [0.25, 0.3) is 5.91 Å². The summed E-state index contributed by atoms with van der Waals surface area (Å²) in [6, 6.07) is 5.69. The summed E-state index contributed by atoms with van der Waals surface area (Å²) in [5.41, 5.74) is 1.72. The van der Waals surface area contributed by atoms with Crippen molar-refractivity contribution >= 4 is 21.8 Å². The lowest BCUT2D eigenvalue weighted by Crippen LogP contribution is -2.29. The van der Waals surface area contributed by atoms with Crippen LogP contribution in [0.15, 0.2) is 22.7 Å². The highest BCUT2D eigenvalue weighted by molar-refractivity contribution is 9.10.